The summed E-state index contributed by atoms with van der Waals surface area (Å²) in [4.78, 5) is 25.2. The third-order valence-corrected chi connectivity index (χ3v) is 6.27. The lowest BCUT2D eigenvalue weighted by Crippen LogP contribution is -2.32. The minimum absolute atomic E-state index is 0.0799. The van der Waals surface area contributed by atoms with E-state index in [9.17, 15) is 9.59 Å². The molecule has 5 rings (SSSR count). The molecule has 1 N–H and O–H groups in total. The first-order chi connectivity index (χ1) is 17.6. The van der Waals surface area contributed by atoms with Crippen molar-refractivity contribution in [2.75, 3.05) is 18.5 Å². The molecule has 36 heavy (non-hydrogen) atoms. The van der Waals surface area contributed by atoms with Crippen LogP contribution in [0.3, 0.4) is 0 Å². The number of hydrazone groups is 1. The average molecular weight is 478 g/mol. The zero-order valence-corrected chi connectivity index (χ0v) is 20.1. The topological polar surface area (TPSA) is 71.0 Å². The van der Waals surface area contributed by atoms with E-state index in [4.69, 9.17) is 9.84 Å². The van der Waals surface area contributed by atoms with Crippen LogP contribution < -0.4 is 5.32 Å². The molecule has 4 aromatic carbocycles. The first kappa shape index (κ1) is 23.3. The first-order valence-electron chi connectivity index (χ1n) is 12.1. The molecule has 6 nitrogen and oxygen atoms in total. The number of amides is 1. The Bertz CT molecular complexity index is 1410. The molecule has 1 amide bonds. The van der Waals surface area contributed by atoms with Gasteiger partial charge >= 0.3 is 5.97 Å². The maximum Gasteiger partial charge on any atom is 0.338 e. The molecule has 0 bridgehead atoms. The van der Waals surface area contributed by atoms with Crippen LogP contribution in [-0.2, 0) is 9.53 Å². The van der Waals surface area contributed by atoms with Gasteiger partial charge in [-0.2, -0.15) is 5.10 Å². The Morgan fingerprint density at radius 1 is 0.917 bits per heavy atom. The van der Waals surface area contributed by atoms with Crippen molar-refractivity contribution in [3.8, 4) is 0 Å². The largest absolute Gasteiger partial charge is 0.462 e. The minimum atomic E-state index is -0.363. The Morgan fingerprint density at radius 2 is 1.64 bits per heavy atom. The second-order valence-electron chi connectivity index (χ2n) is 8.63. The van der Waals surface area contributed by atoms with E-state index in [-0.39, 0.29) is 24.5 Å². The molecule has 1 unspecified atom stereocenters. The second-order valence-corrected chi connectivity index (χ2v) is 8.63. The molecule has 1 aliphatic rings. The van der Waals surface area contributed by atoms with E-state index in [1.807, 2.05) is 42.5 Å². The summed E-state index contributed by atoms with van der Waals surface area (Å²) in [5.74, 6) is -0.493. The quantitative estimate of drug-likeness (QED) is 0.341. The Morgan fingerprint density at radius 3 is 2.39 bits per heavy atom. The molecule has 0 aliphatic carbocycles. The fourth-order valence-corrected chi connectivity index (χ4v) is 4.42. The monoisotopic (exact) mass is 477 g/mol. The van der Waals surface area contributed by atoms with Crippen LogP contribution in [0.1, 0.15) is 40.9 Å². The molecule has 6 heteroatoms. The predicted molar refractivity (Wildman–Crippen MR) is 142 cm³/mol. The highest BCUT2D eigenvalue weighted by Gasteiger charge is 2.32. The molecule has 0 spiro atoms. The highest BCUT2D eigenvalue weighted by Crippen LogP contribution is 2.33. The van der Waals surface area contributed by atoms with Crippen LogP contribution in [0.15, 0.2) is 102 Å². The van der Waals surface area contributed by atoms with Crippen molar-refractivity contribution >= 4 is 34.0 Å². The van der Waals surface area contributed by atoms with Crippen LogP contribution in [0.25, 0.3) is 10.8 Å². The normalized spacial score (nSPS) is 15.0. The number of carbonyl (C=O) groups excluding carboxylic acids is 2. The number of carbonyl (C=O) groups is 2. The number of nitrogens with zero attached hydrogens (tertiary/aromatic N) is 2. The summed E-state index contributed by atoms with van der Waals surface area (Å²) in [6.07, 6.45) is 0.641. The highest BCUT2D eigenvalue weighted by atomic mass is 16.5. The molecule has 0 saturated heterocycles. The van der Waals surface area contributed by atoms with Gasteiger partial charge in [-0.1, -0.05) is 66.7 Å². The van der Waals surface area contributed by atoms with E-state index < -0.39 is 0 Å². The number of nitrogens with one attached hydrogen (secondary N) is 1. The number of ether oxygens (including phenoxy) is 1. The van der Waals surface area contributed by atoms with Crippen molar-refractivity contribution in [3.63, 3.8) is 0 Å². The Balaban J connectivity index is 1.35. The van der Waals surface area contributed by atoms with E-state index in [2.05, 4.69) is 35.6 Å². The van der Waals surface area contributed by atoms with Crippen LogP contribution in [0.4, 0.5) is 5.69 Å². The highest BCUT2D eigenvalue weighted by molar-refractivity contribution is 6.05. The Kier molecular flexibility index (Phi) is 6.76. The fraction of sp³-hybridized carbons (Fsp3) is 0.167. The lowest BCUT2D eigenvalue weighted by Gasteiger charge is -2.22. The molecule has 0 saturated carbocycles. The summed E-state index contributed by atoms with van der Waals surface area (Å²) in [6.45, 7) is 2.18. The average Bonchev–Trinajstić information content (AvgIpc) is 3.38. The zero-order chi connectivity index (χ0) is 24.9. The van der Waals surface area contributed by atoms with Crippen molar-refractivity contribution < 1.29 is 14.3 Å². The zero-order valence-electron chi connectivity index (χ0n) is 20.1. The number of esters is 1. The van der Waals surface area contributed by atoms with Gasteiger partial charge < -0.3 is 10.1 Å². The number of fused-ring (bicyclic) bond motifs is 1. The lowest BCUT2D eigenvalue weighted by atomic mass is 9.97. The van der Waals surface area contributed by atoms with Gasteiger partial charge in [0.15, 0.2) is 0 Å². The van der Waals surface area contributed by atoms with E-state index in [0.717, 1.165) is 27.9 Å². The number of benzene rings is 4. The van der Waals surface area contributed by atoms with Gasteiger partial charge in [0, 0.05) is 12.1 Å². The maximum atomic E-state index is 13.3. The van der Waals surface area contributed by atoms with Gasteiger partial charge in [-0.3, -0.25) is 4.79 Å². The molecule has 4 aromatic rings. The molecule has 0 aromatic heterocycles. The summed E-state index contributed by atoms with van der Waals surface area (Å²) < 4.78 is 5.02. The lowest BCUT2D eigenvalue weighted by molar-refractivity contribution is -0.131. The van der Waals surface area contributed by atoms with Crippen LogP contribution in [0.5, 0.6) is 0 Å². The van der Waals surface area contributed by atoms with Gasteiger partial charge in [-0.25, -0.2) is 9.80 Å². The first-order valence-corrected chi connectivity index (χ1v) is 12.1. The summed E-state index contributed by atoms with van der Waals surface area (Å²) >= 11 is 0. The van der Waals surface area contributed by atoms with Gasteiger partial charge in [-0.15, -0.1) is 0 Å². The molecule has 1 aliphatic heterocycles. The number of hydrogen-bond acceptors (Lipinski definition) is 5. The molecule has 0 radical (unpaired) electrons. The number of hydrogen-bond donors (Lipinski definition) is 1. The van der Waals surface area contributed by atoms with Gasteiger partial charge in [-0.05, 0) is 59.2 Å². The SMILES string of the molecule is CCOC(=O)c1ccc(NCC(=O)N2N=C(c3ccc4ccccc4c3)CC2c2ccccc2)cc1. The molecule has 0 fully saturated rings. The van der Waals surface area contributed by atoms with E-state index in [0.29, 0.717) is 18.6 Å². The Hall–Kier alpha value is -4.45. The molecule has 1 atom stereocenters. The summed E-state index contributed by atoms with van der Waals surface area (Å²) in [5, 5.41) is 11.9. The second kappa shape index (κ2) is 10.4. The van der Waals surface area contributed by atoms with Gasteiger partial charge in [0.1, 0.15) is 0 Å². The molecular formula is C30H27N3O3. The van der Waals surface area contributed by atoms with Crippen LogP contribution in [0, 0.1) is 0 Å². The van der Waals surface area contributed by atoms with E-state index >= 15 is 0 Å². The van der Waals surface area contributed by atoms with Crippen LogP contribution >= 0.6 is 0 Å². The van der Waals surface area contributed by atoms with Gasteiger partial charge in [0.05, 0.1) is 30.5 Å². The van der Waals surface area contributed by atoms with Crippen molar-refractivity contribution in [2.45, 2.75) is 19.4 Å². The van der Waals surface area contributed by atoms with E-state index in [1.54, 1.807) is 36.2 Å². The van der Waals surface area contributed by atoms with Crippen molar-refractivity contribution in [3.05, 3.63) is 114 Å². The van der Waals surface area contributed by atoms with Crippen LogP contribution in [0.2, 0.25) is 0 Å². The molecule has 180 valence electrons. The smallest absolute Gasteiger partial charge is 0.338 e. The van der Waals surface area contributed by atoms with Gasteiger partial charge in [0.2, 0.25) is 0 Å². The van der Waals surface area contributed by atoms with Crippen molar-refractivity contribution in [1.29, 1.82) is 0 Å². The standard InChI is InChI=1S/C30H27N3O3/c1-2-36-30(35)23-14-16-26(17-15-23)31-20-29(34)33-28(22-9-4-3-5-10-22)19-27(32-33)25-13-12-21-8-6-7-11-24(21)18-25/h3-18,28,31H,2,19-20H2,1H3. The minimum Gasteiger partial charge on any atom is -0.462 e. The van der Waals surface area contributed by atoms with Crippen molar-refractivity contribution in [1.82, 2.24) is 5.01 Å². The third-order valence-electron chi connectivity index (χ3n) is 6.27. The molecular weight excluding hydrogens is 450 g/mol. The van der Waals surface area contributed by atoms with E-state index in [1.165, 1.54) is 5.39 Å². The predicted octanol–water partition coefficient (Wildman–Crippen LogP) is 5.81. The third kappa shape index (κ3) is 4.98. The number of anilines is 1. The maximum absolute atomic E-state index is 13.3. The summed E-state index contributed by atoms with van der Waals surface area (Å²) in [7, 11) is 0. The van der Waals surface area contributed by atoms with Gasteiger partial charge in [0.25, 0.3) is 5.91 Å². The van der Waals surface area contributed by atoms with Crippen molar-refractivity contribution in [2.24, 2.45) is 5.10 Å². The Labute approximate surface area is 210 Å². The number of rotatable bonds is 7. The fourth-order valence-electron chi connectivity index (χ4n) is 4.42. The van der Waals surface area contributed by atoms with Crippen LogP contribution in [-0.4, -0.2) is 35.7 Å². The summed E-state index contributed by atoms with van der Waals surface area (Å²) in [6, 6.07) is 31.2. The summed E-state index contributed by atoms with van der Waals surface area (Å²) in [5.41, 5.74) is 4.17. The molecule has 1 heterocycles.